The Labute approximate surface area is 388 Å². The molecule has 3 aromatic heterocycles. The van der Waals surface area contributed by atoms with Gasteiger partial charge in [0.05, 0.1) is 40.9 Å². The van der Waals surface area contributed by atoms with Crippen molar-refractivity contribution in [3.05, 3.63) is 237 Å². The minimum atomic E-state index is -0.500. The average Bonchev–Trinajstić information content (AvgIpc) is 4.02. The van der Waals surface area contributed by atoms with Crippen LogP contribution in [0.3, 0.4) is 0 Å². The van der Waals surface area contributed by atoms with Crippen LogP contribution in [0, 0.1) is 0 Å². The molecule has 0 bridgehead atoms. The van der Waals surface area contributed by atoms with E-state index in [0.717, 1.165) is 17.1 Å². The van der Waals surface area contributed by atoms with Crippen molar-refractivity contribution in [2.24, 2.45) is 0 Å². The molecule has 2 atom stereocenters. The fourth-order valence-electron chi connectivity index (χ4n) is 10.1. The summed E-state index contributed by atoms with van der Waals surface area (Å²) in [6, 6.07) is 86.0. The summed E-state index contributed by atoms with van der Waals surface area (Å²) in [5.41, 5.74) is 17.8. The van der Waals surface area contributed by atoms with Crippen LogP contribution in [0.1, 0.15) is 1.37 Å². The number of rotatable bonds is 6. The van der Waals surface area contributed by atoms with E-state index in [1.165, 1.54) is 98.8 Å². The van der Waals surface area contributed by atoms with Gasteiger partial charge in [0.25, 0.3) is 0 Å². The highest BCUT2D eigenvalue weighted by atomic mass is 31.0. The van der Waals surface area contributed by atoms with Crippen LogP contribution in [0.4, 0.5) is 0 Å². The first-order chi connectivity index (χ1) is 33.0. The van der Waals surface area contributed by atoms with Crippen molar-refractivity contribution in [1.82, 2.24) is 13.7 Å². The molecule has 66 heavy (non-hydrogen) atoms. The first-order valence-electron chi connectivity index (χ1n) is 22.9. The van der Waals surface area contributed by atoms with E-state index in [0.29, 0.717) is 0 Å². The molecule has 13 rings (SSSR count). The molecule has 10 aromatic carbocycles. The maximum atomic E-state index is 6.32. The fraction of sp³-hybridized carbons (Fsp3) is 0.0164. The third kappa shape index (κ3) is 6.64. The summed E-state index contributed by atoms with van der Waals surface area (Å²) in [4.78, 5) is 0. The summed E-state index contributed by atoms with van der Waals surface area (Å²) < 4.78 is 13.5. The van der Waals surface area contributed by atoms with Crippen molar-refractivity contribution in [3.8, 4) is 50.4 Å². The zero-order valence-corrected chi connectivity index (χ0v) is 37.2. The smallest absolute Gasteiger partial charge is 0.0709 e. The first-order valence-corrected chi connectivity index (χ1v) is 23.0. The molecule has 0 aliphatic carbocycles. The van der Waals surface area contributed by atoms with E-state index in [2.05, 4.69) is 260 Å². The van der Waals surface area contributed by atoms with E-state index in [4.69, 9.17) is 9.22 Å². The largest absolute Gasteiger partial charge is 0.309 e. The molecule has 0 saturated carbocycles. The van der Waals surface area contributed by atoms with Crippen LogP contribution >= 0.6 is 9.24 Å². The molecule has 0 amide bonds. The van der Waals surface area contributed by atoms with Gasteiger partial charge in [-0.05, 0) is 124 Å². The van der Waals surface area contributed by atoms with E-state index in [-0.39, 0.29) is 0 Å². The van der Waals surface area contributed by atoms with Crippen LogP contribution in [0.25, 0.3) is 116 Å². The molecule has 2 unspecified atom stereocenters. The van der Waals surface area contributed by atoms with Gasteiger partial charge < -0.3 is 13.7 Å². The molecule has 13 aromatic rings. The quantitative estimate of drug-likeness (QED) is 0.117. The SMILES string of the molecule is [3H]C([B])P.c1ccc2c(c1)c1ccccc1n2-c1ccc(-c2cc(-c3ccc(-n4c5ccccc5c5ccccc54)cc3)cc(-c3ccc(-n4c5ccccc5c5ccccc54)cc3)c2)cc1. The fourth-order valence-corrected chi connectivity index (χ4v) is 10.1. The molecule has 310 valence electrons. The standard InChI is InChI=1S/C60H39N3.CH4BP/c1-7-19-55-49(13-1)50-14-2-8-20-56(50)61(55)46-31-25-40(26-32-46)43-37-44(41-27-33-47(34-28-41)62-57-21-9-3-15-51(57)52-16-4-10-22-58(52)62)39-45(38-43)42-29-35-48(36-30-42)63-59-23-11-5-17-53(59)54-18-6-12-24-60(54)63;2-1-3/h1-39H;1,3H2/i;1T. The first kappa shape index (κ1) is 38.5. The van der Waals surface area contributed by atoms with Crippen molar-refractivity contribution < 1.29 is 1.37 Å². The number of aromatic nitrogens is 3. The van der Waals surface area contributed by atoms with Crippen LogP contribution in [0.2, 0.25) is 0 Å². The van der Waals surface area contributed by atoms with Gasteiger partial charge in [-0.2, -0.15) is 0 Å². The van der Waals surface area contributed by atoms with Gasteiger partial charge >= 0.3 is 0 Å². The molecule has 0 N–H and O–H groups in total. The highest BCUT2D eigenvalue weighted by Crippen LogP contribution is 2.38. The second kappa shape index (κ2) is 16.6. The number of nitrogens with zero attached hydrogens (tertiary/aromatic N) is 3. The minimum Gasteiger partial charge on any atom is -0.309 e. The highest BCUT2D eigenvalue weighted by Gasteiger charge is 2.16. The van der Waals surface area contributed by atoms with Gasteiger partial charge in [-0.3, -0.25) is 0 Å². The van der Waals surface area contributed by atoms with E-state index < -0.39 is 6.04 Å². The predicted octanol–water partition coefficient (Wildman–Crippen LogP) is 16.0. The topological polar surface area (TPSA) is 14.8 Å². The Morgan fingerprint density at radius 2 is 0.470 bits per heavy atom. The van der Waals surface area contributed by atoms with Gasteiger partial charge in [-0.25, -0.2) is 0 Å². The summed E-state index contributed by atoms with van der Waals surface area (Å²) in [7, 11) is 6.84. The zero-order chi connectivity index (χ0) is 45.0. The van der Waals surface area contributed by atoms with E-state index in [9.17, 15) is 0 Å². The summed E-state index contributed by atoms with van der Waals surface area (Å²) in [5.74, 6) is 0. The molecule has 0 aliphatic rings. The number of hydrogen-bond donors (Lipinski definition) is 0. The van der Waals surface area contributed by atoms with Gasteiger partial charge in [0.2, 0.25) is 0 Å². The molecule has 3 heterocycles. The lowest BCUT2D eigenvalue weighted by Gasteiger charge is -2.14. The minimum absolute atomic E-state index is 0.500. The number of para-hydroxylation sites is 6. The average molecular weight is 862 g/mol. The van der Waals surface area contributed by atoms with Crippen molar-refractivity contribution in [2.45, 2.75) is 0 Å². The van der Waals surface area contributed by atoms with E-state index in [1.807, 2.05) is 0 Å². The molecule has 3 nitrogen and oxygen atoms in total. The lowest BCUT2D eigenvalue weighted by atomic mass is 9.93. The summed E-state index contributed by atoms with van der Waals surface area (Å²) >= 11 is 0. The highest BCUT2D eigenvalue weighted by molar-refractivity contribution is 7.19. The Morgan fingerprint density at radius 3 is 0.667 bits per heavy atom. The normalized spacial score (nSPS) is 12.2. The van der Waals surface area contributed by atoms with Crippen LogP contribution in [-0.4, -0.2) is 27.6 Å². The number of hydrogen-bond acceptors (Lipinski definition) is 0. The number of fused-ring (bicyclic) bond motifs is 9. The van der Waals surface area contributed by atoms with Gasteiger partial charge in [0.1, 0.15) is 0 Å². The molecule has 0 fully saturated rings. The molecular formula is C61H43BN3P. The van der Waals surface area contributed by atoms with Crippen LogP contribution in [0.15, 0.2) is 237 Å². The Bertz CT molecular complexity index is 3370. The Kier molecular flexibility index (Phi) is 9.68. The predicted molar refractivity (Wildman–Crippen MR) is 286 cm³/mol. The Balaban J connectivity index is 0.00000113. The second-order valence-electron chi connectivity index (χ2n) is 16.7. The zero-order valence-electron chi connectivity index (χ0n) is 37.1. The molecule has 0 saturated heterocycles. The van der Waals surface area contributed by atoms with E-state index >= 15 is 0 Å². The maximum absolute atomic E-state index is 6.32. The van der Waals surface area contributed by atoms with Gasteiger partial charge in [0, 0.05) is 50.8 Å². The van der Waals surface area contributed by atoms with E-state index in [1.54, 1.807) is 0 Å². The molecular weight excluding hydrogens is 816 g/mol. The van der Waals surface area contributed by atoms with Gasteiger partial charge in [-0.15, -0.1) is 9.24 Å². The van der Waals surface area contributed by atoms with Crippen molar-refractivity contribution in [2.75, 3.05) is 6.04 Å². The summed E-state index contributed by atoms with van der Waals surface area (Å²) in [6.45, 7) is 0. The van der Waals surface area contributed by atoms with Crippen molar-refractivity contribution in [3.63, 3.8) is 0 Å². The lowest BCUT2D eigenvalue weighted by Crippen LogP contribution is -1.95. The van der Waals surface area contributed by atoms with Crippen LogP contribution in [0.5, 0.6) is 0 Å². The maximum Gasteiger partial charge on any atom is 0.0709 e. The third-order valence-corrected chi connectivity index (χ3v) is 13.0. The third-order valence-electron chi connectivity index (χ3n) is 13.0. The molecule has 2 radical (unpaired) electrons. The lowest BCUT2D eigenvalue weighted by molar-refractivity contribution is 1.18. The van der Waals surface area contributed by atoms with Gasteiger partial charge in [-0.1, -0.05) is 152 Å². The van der Waals surface area contributed by atoms with Crippen LogP contribution in [-0.2, 0) is 0 Å². The molecule has 0 aliphatic heterocycles. The number of benzene rings is 10. The summed E-state index contributed by atoms with van der Waals surface area (Å²) in [6.07, 6.45) is 0. The Morgan fingerprint density at radius 1 is 0.288 bits per heavy atom. The van der Waals surface area contributed by atoms with Crippen molar-refractivity contribution in [1.29, 1.82) is 0 Å². The summed E-state index contributed by atoms with van der Waals surface area (Å²) in [5, 5.41) is 7.60. The van der Waals surface area contributed by atoms with Crippen molar-refractivity contribution >= 4 is 82.5 Å². The Hall–Kier alpha value is -7.91. The monoisotopic (exact) mass is 861 g/mol. The van der Waals surface area contributed by atoms with Gasteiger partial charge in [0.15, 0.2) is 0 Å². The van der Waals surface area contributed by atoms with Crippen LogP contribution < -0.4 is 0 Å². The molecule has 0 spiro atoms. The molecule has 5 heteroatoms. The second-order valence-corrected chi connectivity index (χ2v) is 17.1.